The Hall–Kier alpha value is -1.89. The summed E-state index contributed by atoms with van der Waals surface area (Å²) in [6.07, 6.45) is 0.937. The average molecular weight is 422 g/mol. The summed E-state index contributed by atoms with van der Waals surface area (Å²) in [5.41, 5.74) is 7.65. The maximum Gasteiger partial charge on any atom is 0.227 e. The molecule has 3 unspecified atom stereocenters. The number of rotatable bonds is 6. The lowest BCUT2D eigenvalue weighted by Gasteiger charge is -2.40. The number of halogens is 1. The van der Waals surface area contributed by atoms with Crippen LogP contribution in [-0.4, -0.2) is 24.9 Å². The Kier molecular flexibility index (Phi) is 8.04. The van der Waals surface area contributed by atoms with Crippen LogP contribution in [0.2, 0.25) is 0 Å². The van der Waals surface area contributed by atoms with Gasteiger partial charge < -0.3 is 16.0 Å². The van der Waals surface area contributed by atoms with Gasteiger partial charge in [-0.3, -0.25) is 9.59 Å². The van der Waals surface area contributed by atoms with Crippen molar-refractivity contribution in [2.75, 3.05) is 18.0 Å². The van der Waals surface area contributed by atoms with Gasteiger partial charge in [0.05, 0.1) is 12.0 Å². The number of carbonyl (C=O) groups excluding carboxylic acids is 2. The van der Waals surface area contributed by atoms with Gasteiger partial charge in [-0.15, -0.1) is 23.7 Å². The maximum absolute atomic E-state index is 13.0. The van der Waals surface area contributed by atoms with E-state index in [0.717, 1.165) is 16.1 Å². The molecule has 0 saturated carbocycles. The highest BCUT2D eigenvalue weighted by atomic mass is 35.5. The van der Waals surface area contributed by atoms with Gasteiger partial charge >= 0.3 is 0 Å². The predicted molar refractivity (Wildman–Crippen MR) is 117 cm³/mol. The van der Waals surface area contributed by atoms with E-state index in [2.05, 4.69) is 5.32 Å². The molecule has 0 bridgehead atoms. The molecule has 7 heteroatoms. The summed E-state index contributed by atoms with van der Waals surface area (Å²) in [4.78, 5) is 28.7. The number of nitrogens with one attached hydrogen (secondary N) is 1. The average Bonchev–Trinajstić information content (AvgIpc) is 3.20. The van der Waals surface area contributed by atoms with Crippen molar-refractivity contribution in [3.63, 3.8) is 0 Å². The highest BCUT2D eigenvalue weighted by Gasteiger charge is 2.41. The standard InChI is InChI=1S/C21H27N3O2S.ClH/c1-14-5-7-16(8-6-14)24-19(25)10-9-17(20(24)18-4-3-11-27-18)21(26)23-13-15(2)12-22;/h3-8,11,15,17,20H,9-10,12-13,22H2,1-2H3,(H,23,26);1H. The van der Waals surface area contributed by atoms with E-state index in [0.29, 0.717) is 25.9 Å². The van der Waals surface area contributed by atoms with Crippen molar-refractivity contribution < 1.29 is 9.59 Å². The molecule has 1 aliphatic heterocycles. The van der Waals surface area contributed by atoms with Gasteiger partial charge in [-0.05, 0) is 49.4 Å². The van der Waals surface area contributed by atoms with Crippen LogP contribution >= 0.6 is 23.7 Å². The molecule has 3 N–H and O–H groups in total. The largest absolute Gasteiger partial charge is 0.355 e. The Morgan fingerprint density at radius 2 is 2.04 bits per heavy atom. The molecule has 1 saturated heterocycles. The number of carbonyl (C=O) groups is 2. The summed E-state index contributed by atoms with van der Waals surface area (Å²) in [6, 6.07) is 11.6. The minimum atomic E-state index is -0.276. The van der Waals surface area contributed by atoms with E-state index in [9.17, 15) is 9.59 Å². The van der Waals surface area contributed by atoms with Gasteiger partial charge in [-0.1, -0.05) is 30.7 Å². The summed E-state index contributed by atoms with van der Waals surface area (Å²) in [5, 5.41) is 5.03. The Bertz CT molecular complexity index is 779. The number of hydrogen-bond donors (Lipinski definition) is 2. The molecule has 1 fully saturated rings. The molecule has 0 aliphatic carbocycles. The third-order valence-electron chi connectivity index (χ3n) is 5.11. The van der Waals surface area contributed by atoms with Crippen molar-refractivity contribution in [1.82, 2.24) is 5.32 Å². The lowest BCUT2D eigenvalue weighted by molar-refractivity contribution is -0.129. The van der Waals surface area contributed by atoms with Crippen LogP contribution in [0.5, 0.6) is 0 Å². The number of benzene rings is 1. The molecule has 0 spiro atoms. The van der Waals surface area contributed by atoms with Crippen molar-refractivity contribution in [2.45, 2.75) is 32.7 Å². The fraction of sp³-hybridized carbons (Fsp3) is 0.429. The molecule has 2 aromatic rings. The van der Waals surface area contributed by atoms with Gasteiger partial charge in [0, 0.05) is 23.5 Å². The van der Waals surface area contributed by atoms with Crippen LogP contribution in [0.15, 0.2) is 41.8 Å². The lowest BCUT2D eigenvalue weighted by atomic mass is 9.86. The monoisotopic (exact) mass is 421 g/mol. The van der Waals surface area contributed by atoms with Crippen molar-refractivity contribution in [1.29, 1.82) is 0 Å². The molecule has 1 aromatic heterocycles. The third kappa shape index (κ3) is 4.93. The summed E-state index contributed by atoms with van der Waals surface area (Å²) >= 11 is 1.59. The van der Waals surface area contributed by atoms with E-state index in [1.54, 1.807) is 11.3 Å². The molecule has 3 rings (SSSR count). The van der Waals surface area contributed by atoms with E-state index < -0.39 is 0 Å². The predicted octanol–water partition coefficient (Wildman–Crippen LogP) is 3.67. The molecule has 1 aliphatic rings. The molecule has 3 atom stereocenters. The number of anilines is 1. The zero-order chi connectivity index (χ0) is 19.4. The van der Waals surface area contributed by atoms with Crippen LogP contribution in [0.3, 0.4) is 0 Å². The zero-order valence-corrected chi connectivity index (χ0v) is 17.9. The van der Waals surface area contributed by atoms with E-state index in [1.165, 1.54) is 0 Å². The number of nitrogens with two attached hydrogens (primary N) is 1. The number of hydrogen-bond acceptors (Lipinski definition) is 4. The first-order valence-corrected chi connectivity index (χ1v) is 10.3. The Morgan fingerprint density at radius 3 is 2.64 bits per heavy atom. The topological polar surface area (TPSA) is 75.4 Å². The quantitative estimate of drug-likeness (QED) is 0.747. The van der Waals surface area contributed by atoms with Gasteiger partial charge in [-0.2, -0.15) is 0 Å². The highest BCUT2D eigenvalue weighted by molar-refractivity contribution is 7.10. The van der Waals surface area contributed by atoms with Gasteiger partial charge in [0.2, 0.25) is 11.8 Å². The summed E-state index contributed by atoms with van der Waals surface area (Å²) in [5.74, 6) is 0.0233. The smallest absolute Gasteiger partial charge is 0.227 e. The second kappa shape index (κ2) is 10.0. The van der Waals surface area contributed by atoms with E-state index in [-0.39, 0.29) is 42.1 Å². The summed E-state index contributed by atoms with van der Waals surface area (Å²) < 4.78 is 0. The molecule has 2 amide bonds. The number of thiophene rings is 1. The van der Waals surface area contributed by atoms with Crippen molar-refractivity contribution >= 4 is 41.2 Å². The number of piperidine rings is 1. The number of nitrogens with zero attached hydrogens (tertiary/aromatic N) is 1. The SMILES string of the molecule is Cc1ccc(N2C(=O)CCC(C(=O)NCC(C)CN)C2c2cccs2)cc1.Cl. The minimum Gasteiger partial charge on any atom is -0.355 e. The van der Waals surface area contributed by atoms with Gasteiger partial charge in [0.1, 0.15) is 0 Å². The second-order valence-electron chi connectivity index (χ2n) is 7.29. The third-order valence-corrected chi connectivity index (χ3v) is 6.05. The van der Waals surface area contributed by atoms with Crippen LogP contribution < -0.4 is 16.0 Å². The lowest BCUT2D eigenvalue weighted by Crippen LogP contribution is -2.48. The molecule has 152 valence electrons. The molecule has 0 radical (unpaired) electrons. The number of aryl methyl sites for hydroxylation is 1. The van der Waals surface area contributed by atoms with Crippen LogP contribution in [0.25, 0.3) is 0 Å². The summed E-state index contributed by atoms with van der Waals surface area (Å²) in [7, 11) is 0. The molecular formula is C21H28ClN3O2S. The summed E-state index contributed by atoms with van der Waals surface area (Å²) in [6.45, 7) is 5.13. The fourth-order valence-corrected chi connectivity index (χ4v) is 4.33. The first-order chi connectivity index (χ1) is 13.0. The van der Waals surface area contributed by atoms with Gasteiger partial charge in [0.15, 0.2) is 0 Å². The fourth-order valence-electron chi connectivity index (χ4n) is 3.45. The number of amides is 2. The molecule has 2 heterocycles. The first-order valence-electron chi connectivity index (χ1n) is 9.41. The van der Waals surface area contributed by atoms with E-state index in [4.69, 9.17) is 5.73 Å². The highest BCUT2D eigenvalue weighted by Crippen LogP contribution is 2.41. The van der Waals surface area contributed by atoms with Crippen LogP contribution in [0.1, 0.15) is 36.2 Å². The second-order valence-corrected chi connectivity index (χ2v) is 8.27. The minimum absolute atomic E-state index is 0. The van der Waals surface area contributed by atoms with Crippen LogP contribution in [0.4, 0.5) is 5.69 Å². The Balaban J connectivity index is 0.00000280. The maximum atomic E-state index is 13.0. The normalized spacial score (nSPS) is 20.4. The van der Waals surface area contributed by atoms with Crippen molar-refractivity contribution in [2.24, 2.45) is 17.6 Å². The zero-order valence-electron chi connectivity index (χ0n) is 16.3. The van der Waals surface area contributed by atoms with Gasteiger partial charge in [-0.25, -0.2) is 0 Å². The van der Waals surface area contributed by atoms with E-state index >= 15 is 0 Å². The van der Waals surface area contributed by atoms with E-state index in [1.807, 2.05) is 60.5 Å². The Morgan fingerprint density at radius 1 is 1.32 bits per heavy atom. The molecular weight excluding hydrogens is 394 g/mol. The molecule has 1 aromatic carbocycles. The molecule has 5 nitrogen and oxygen atoms in total. The first kappa shape index (κ1) is 22.4. The van der Waals surface area contributed by atoms with Crippen molar-refractivity contribution in [3.05, 3.63) is 52.2 Å². The Labute approximate surface area is 176 Å². The molecule has 28 heavy (non-hydrogen) atoms. The van der Waals surface area contributed by atoms with Crippen molar-refractivity contribution in [3.8, 4) is 0 Å². The van der Waals surface area contributed by atoms with Crippen LogP contribution in [-0.2, 0) is 9.59 Å². The van der Waals surface area contributed by atoms with Crippen LogP contribution in [0, 0.1) is 18.8 Å². The van der Waals surface area contributed by atoms with Gasteiger partial charge in [0.25, 0.3) is 0 Å².